The first-order valence-electron chi connectivity index (χ1n) is 9.87. The standard InChI is InChI=1S/C22H19N7O3/c1-31-16-5-6-19-15(10-16)11-18(22(30)25-19)21-26-28-29(27-21)12-14-3-2-4-17(9-14)32-13-20-23-7-8-24-20/h2-11H,12-13H2,1H3,(H,23,24)(H,25,30). The van der Waals surface area contributed by atoms with Crippen LogP contribution in [0.3, 0.4) is 0 Å². The Bertz CT molecular complexity index is 1420. The summed E-state index contributed by atoms with van der Waals surface area (Å²) in [5.41, 5.74) is 1.70. The largest absolute Gasteiger partial charge is 0.497 e. The van der Waals surface area contributed by atoms with Crippen LogP contribution in [-0.2, 0) is 13.2 Å². The number of ether oxygens (including phenoxy) is 2. The van der Waals surface area contributed by atoms with Gasteiger partial charge >= 0.3 is 0 Å². The highest BCUT2D eigenvalue weighted by atomic mass is 16.5. The molecule has 0 aliphatic heterocycles. The highest BCUT2D eigenvalue weighted by Gasteiger charge is 2.13. The van der Waals surface area contributed by atoms with Crippen LogP contribution in [0, 0.1) is 0 Å². The van der Waals surface area contributed by atoms with Gasteiger partial charge in [-0.1, -0.05) is 12.1 Å². The Morgan fingerprint density at radius 1 is 1.09 bits per heavy atom. The van der Waals surface area contributed by atoms with E-state index in [1.807, 2.05) is 30.3 Å². The van der Waals surface area contributed by atoms with Gasteiger partial charge in [-0.05, 0) is 47.2 Å². The molecule has 32 heavy (non-hydrogen) atoms. The number of methoxy groups -OCH3 is 1. The highest BCUT2D eigenvalue weighted by molar-refractivity contribution is 5.83. The summed E-state index contributed by atoms with van der Waals surface area (Å²) in [5.74, 6) is 2.40. The molecule has 0 fully saturated rings. The summed E-state index contributed by atoms with van der Waals surface area (Å²) in [6.45, 7) is 0.724. The van der Waals surface area contributed by atoms with E-state index in [0.29, 0.717) is 35.7 Å². The number of imidazole rings is 1. The Morgan fingerprint density at radius 2 is 2.03 bits per heavy atom. The number of aromatic amines is 2. The van der Waals surface area contributed by atoms with Crippen LogP contribution in [0.2, 0.25) is 0 Å². The first kappa shape index (κ1) is 19.5. The maximum Gasteiger partial charge on any atom is 0.259 e. The maximum absolute atomic E-state index is 12.5. The van der Waals surface area contributed by atoms with E-state index in [2.05, 4.69) is 30.4 Å². The molecule has 2 aromatic carbocycles. The van der Waals surface area contributed by atoms with E-state index >= 15 is 0 Å². The van der Waals surface area contributed by atoms with Gasteiger partial charge in [-0.15, -0.1) is 10.2 Å². The Morgan fingerprint density at radius 3 is 2.88 bits per heavy atom. The zero-order valence-corrected chi connectivity index (χ0v) is 17.1. The molecule has 0 atom stereocenters. The van der Waals surface area contributed by atoms with Crippen LogP contribution in [0.4, 0.5) is 0 Å². The van der Waals surface area contributed by atoms with E-state index in [4.69, 9.17) is 9.47 Å². The molecular formula is C22H19N7O3. The number of hydrogen-bond donors (Lipinski definition) is 2. The minimum absolute atomic E-state index is 0.251. The lowest BCUT2D eigenvalue weighted by Gasteiger charge is -2.06. The fourth-order valence-corrected chi connectivity index (χ4v) is 3.32. The Labute approximate surface area is 181 Å². The summed E-state index contributed by atoms with van der Waals surface area (Å²) in [6, 6.07) is 14.8. The average Bonchev–Trinajstić information content (AvgIpc) is 3.49. The number of fused-ring (bicyclic) bond motifs is 1. The van der Waals surface area contributed by atoms with E-state index in [1.165, 1.54) is 4.80 Å². The summed E-state index contributed by atoms with van der Waals surface area (Å²) in [5, 5.41) is 13.4. The summed E-state index contributed by atoms with van der Waals surface area (Å²) in [4.78, 5) is 24.0. The van der Waals surface area contributed by atoms with Crippen molar-refractivity contribution in [2.45, 2.75) is 13.2 Å². The van der Waals surface area contributed by atoms with Gasteiger partial charge in [-0.3, -0.25) is 4.79 Å². The molecule has 0 saturated carbocycles. The van der Waals surface area contributed by atoms with E-state index in [9.17, 15) is 4.79 Å². The Kier molecular flexibility index (Phi) is 5.08. The van der Waals surface area contributed by atoms with E-state index in [0.717, 1.165) is 16.8 Å². The number of benzene rings is 2. The Balaban J connectivity index is 1.35. The van der Waals surface area contributed by atoms with Crippen LogP contribution >= 0.6 is 0 Å². The molecule has 2 N–H and O–H groups in total. The van der Waals surface area contributed by atoms with E-state index in [1.54, 1.807) is 37.7 Å². The number of tetrazole rings is 1. The molecule has 3 heterocycles. The molecule has 0 unspecified atom stereocenters. The SMILES string of the molecule is COc1ccc2[nH]c(=O)c(-c3nnn(Cc4cccc(OCc5ncc[nH]5)c4)n3)cc2c1. The zero-order chi connectivity index (χ0) is 21.9. The molecule has 5 rings (SSSR count). The molecule has 0 bridgehead atoms. The normalized spacial score (nSPS) is 11.0. The molecule has 10 heteroatoms. The summed E-state index contributed by atoms with van der Waals surface area (Å²) in [7, 11) is 1.60. The summed E-state index contributed by atoms with van der Waals surface area (Å²) < 4.78 is 11.0. The molecular weight excluding hydrogens is 410 g/mol. The quantitative estimate of drug-likeness (QED) is 0.407. The minimum Gasteiger partial charge on any atom is -0.497 e. The smallest absolute Gasteiger partial charge is 0.259 e. The van der Waals surface area contributed by atoms with Gasteiger partial charge in [0.25, 0.3) is 5.56 Å². The predicted molar refractivity (Wildman–Crippen MR) is 116 cm³/mol. The predicted octanol–water partition coefficient (Wildman–Crippen LogP) is 2.54. The third-order valence-corrected chi connectivity index (χ3v) is 4.90. The van der Waals surface area contributed by atoms with Gasteiger partial charge in [-0.2, -0.15) is 4.80 Å². The van der Waals surface area contributed by atoms with Crippen molar-refractivity contribution in [1.82, 2.24) is 35.2 Å². The van der Waals surface area contributed by atoms with Gasteiger partial charge in [0.05, 0.1) is 19.2 Å². The van der Waals surface area contributed by atoms with Crippen LogP contribution in [0.1, 0.15) is 11.4 Å². The second kappa shape index (κ2) is 8.34. The van der Waals surface area contributed by atoms with Crippen LogP contribution in [-0.4, -0.2) is 42.3 Å². The van der Waals surface area contributed by atoms with Gasteiger partial charge in [0.1, 0.15) is 23.9 Å². The molecule has 0 spiro atoms. The fraction of sp³-hybridized carbons (Fsp3) is 0.136. The lowest BCUT2D eigenvalue weighted by Crippen LogP contribution is -2.10. The van der Waals surface area contributed by atoms with Crippen molar-refractivity contribution < 1.29 is 9.47 Å². The van der Waals surface area contributed by atoms with Crippen molar-refractivity contribution in [3.8, 4) is 22.9 Å². The summed E-state index contributed by atoms with van der Waals surface area (Å²) in [6.07, 6.45) is 3.43. The second-order valence-electron chi connectivity index (χ2n) is 7.08. The van der Waals surface area contributed by atoms with Gasteiger partial charge in [-0.25, -0.2) is 4.98 Å². The number of rotatable bonds is 7. The number of H-pyrrole nitrogens is 2. The number of pyridine rings is 1. The molecule has 10 nitrogen and oxygen atoms in total. The van der Waals surface area contributed by atoms with Crippen molar-refractivity contribution in [3.05, 3.63) is 82.7 Å². The first-order chi connectivity index (χ1) is 15.7. The molecule has 5 aromatic rings. The van der Waals surface area contributed by atoms with Crippen molar-refractivity contribution in [2.75, 3.05) is 7.11 Å². The fourth-order valence-electron chi connectivity index (χ4n) is 3.32. The molecule has 3 aromatic heterocycles. The monoisotopic (exact) mass is 429 g/mol. The topological polar surface area (TPSA) is 124 Å². The van der Waals surface area contributed by atoms with Crippen molar-refractivity contribution in [3.63, 3.8) is 0 Å². The third kappa shape index (κ3) is 4.06. The van der Waals surface area contributed by atoms with Gasteiger partial charge in [0.2, 0.25) is 5.82 Å². The number of nitrogens with zero attached hydrogens (tertiary/aromatic N) is 5. The molecule has 0 amide bonds. The van der Waals surface area contributed by atoms with Crippen molar-refractivity contribution in [1.29, 1.82) is 0 Å². The lowest BCUT2D eigenvalue weighted by atomic mass is 10.1. The van der Waals surface area contributed by atoms with Gasteiger partial charge < -0.3 is 19.4 Å². The van der Waals surface area contributed by atoms with Gasteiger partial charge in [0, 0.05) is 23.3 Å². The second-order valence-corrected chi connectivity index (χ2v) is 7.08. The average molecular weight is 429 g/mol. The number of nitrogens with one attached hydrogen (secondary N) is 2. The maximum atomic E-state index is 12.5. The molecule has 0 radical (unpaired) electrons. The van der Waals surface area contributed by atoms with Crippen LogP contribution < -0.4 is 15.0 Å². The summed E-state index contributed by atoms with van der Waals surface area (Å²) >= 11 is 0. The lowest BCUT2D eigenvalue weighted by molar-refractivity contribution is 0.296. The minimum atomic E-state index is -0.282. The molecule has 0 aliphatic rings. The number of hydrogen-bond acceptors (Lipinski definition) is 7. The Hall–Kier alpha value is -4.47. The van der Waals surface area contributed by atoms with Crippen molar-refractivity contribution in [2.24, 2.45) is 0 Å². The van der Waals surface area contributed by atoms with Gasteiger partial charge in [0.15, 0.2) is 0 Å². The zero-order valence-electron chi connectivity index (χ0n) is 17.1. The molecule has 0 saturated heterocycles. The van der Waals surface area contributed by atoms with Crippen LogP contribution in [0.15, 0.2) is 65.7 Å². The third-order valence-electron chi connectivity index (χ3n) is 4.90. The first-order valence-corrected chi connectivity index (χ1v) is 9.87. The van der Waals surface area contributed by atoms with Crippen molar-refractivity contribution >= 4 is 10.9 Å². The van der Waals surface area contributed by atoms with Crippen LogP contribution in [0.5, 0.6) is 11.5 Å². The highest BCUT2D eigenvalue weighted by Crippen LogP contribution is 2.21. The van der Waals surface area contributed by atoms with E-state index < -0.39 is 0 Å². The molecule has 0 aliphatic carbocycles. The van der Waals surface area contributed by atoms with E-state index in [-0.39, 0.29) is 11.4 Å². The number of aromatic nitrogens is 7. The van der Waals surface area contributed by atoms with Crippen LogP contribution in [0.25, 0.3) is 22.3 Å². The molecule has 160 valence electrons.